The van der Waals surface area contributed by atoms with E-state index in [1.807, 2.05) is 62.4 Å². The summed E-state index contributed by atoms with van der Waals surface area (Å²) in [6.07, 6.45) is 1.88. The van der Waals surface area contributed by atoms with E-state index >= 15 is 0 Å². The number of hydrogen-bond donors (Lipinski definition) is 0. The molecule has 25 heavy (non-hydrogen) atoms. The molecule has 0 spiro atoms. The fraction of sp³-hybridized carbons (Fsp3) is 0.200. The smallest absolute Gasteiger partial charge is 0.266 e. The Morgan fingerprint density at radius 2 is 1.88 bits per heavy atom. The average Bonchev–Trinajstić information content (AvgIpc) is 2.86. The van der Waals surface area contributed by atoms with Gasteiger partial charge < -0.3 is 4.74 Å². The second-order valence-electron chi connectivity index (χ2n) is 5.88. The summed E-state index contributed by atoms with van der Waals surface area (Å²) in [5.74, 6) is 0.767. The van der Waals surface area contributed by atoms with Gasteiger partial charge in [-0.15, -0.1) is 0 Å². The van der Waals surface area contributed by atoms with E-state index < -0.39 is 0 Å². The number of amidine groups is 1. The van der Waals surface area contributed by atoms with Crippen LogP contribution < -0.4 is 4.74 Å². The summed E-state index contributed by atoms with van der Waals surface area (Å²) in [7, 11) is 3.40. The van der Waals surface area contributed by atoms with Crippen molar-refractivity contribution in [2.75, 3.05) is 14.2 Å². The van der Waals surface area contributed by atoms with Crippen molar-refractivity contribution in [2.24, 2.45) is 4.99 Å². The number of carbonyl (C=O) groups excluding carboxylic acids is 1. The minimum atomic E-state index is -0.0446. The number of hydrogen-bond acceptors (Lipinski definition) is 4. The molecule has 0 unspecified atom stereocenters. The lowest BCUT2D eigenvalue weighted by molar-refractivity contribution is -0.121. The number of aliphatic imine (C=N–C) groups is 1. The zero-order chi connectivity index (χ0) is 18.0. The Morgan fingerprint density at radius 3 is 2.60 bits per heavy atom. The van der Waals surface area contributed by atoms with Crippen LogP contribution in [0.3, 0.4) is 0 Å². The molecule has 3 rings (SSSR count). The van der Waals surface area contributed by atoms with Crippen molar-refractivity contribution in [3.8, 4) is 5.75 Å². The molecule has 0 aromatic heterocycles. The minimum absolute atomic E-state index is 0.0446. The van der Waals surface area contributed by atoms with E-state index in [1.54, 1.807) is 19.1 Å². The number of carbonyl (C=O) groups is 1. The van der Waals surface area contributed by atoms with Crippen molar-refractivity contribution in [3.05, 3.63) is 64.1 Å². The second-order valence-corrected chi connectivity index (χ2v) is 6.89. The molecule has 4 nitrogen and oxygen atoms in total. The van der Waals surface area contributed by atoms with Gasteiger partial charge in [0.1, 0.15) is 5.75 Å². The van der Waals surface area contributed by atoms with Crippen LogP contribution in [-0.4, -0.2) is 30.1 Å². The molecular weight excluding hydrogens is 332 g/mol. The number of thioether (sulfide) groups is 1. The lowest BCUT2D eigenvalue weighted by Crippen LogP contribution is -2.23. The Bertz CT molecular complexity index is 887. The average molecular weight is 352 g/mol. The van der Waals surface area contributed by atoms with Crippen LogP contribution in [0.1, 0.15) is 16.7 Å². The quantitative estimate of drug-likeness (QED) is 0.761. The number of methoxy groups -OCH3 is 1. The number of para-hydroxylation sites is 1. The Balaban J connectivity index is 1.92. The van der Waals surface area contributed by atoms with Gasteiger partial charge in [0.25, 0.3) is 5.91 Å². The molecule has 0 bridgehead atoms. The van der Waals surface area contributed by atoms with Crippen molar-refractivity contribution in [3.63, 3.8) is 0 Å². The van der Waals surface area contributed by atoms with Gasteiger partial charge in [0.05, 0.1) is 17.7 Å². The first-order valence-corrected chi connectivity index (χ1v) is 8.78. The molecule has 128 valence electrons. The SMILES string of the molecule is COc1cc(/C=C2/SC(=Nc3ccccc3C)N(C)C2=O)ccc1C. The highest BCUT2D eigenvalue weighted by Crippen LogP contribution is 2.34. The normalized spacial score (nSPS) is 17.6. The van der Waals surface area contributed by atoms with Crippen LogP contribution in [0, 0.1) is 13.8 Å². The lowest BCUT2D eigenvalue weighted by atomic mass is 10.1. The Morgan fingerprint density at radius 1 is 1.12 bits per heavy atom. The first-order valence-electron chi connectivity index (χ1n) is 7.96. The summed E-state index contributed by atoms with van der Waals surface area (Å²) in [5, 5.41) is 0.685. The molecule has 2 aromatic carbocycles. The number of ether oxygens (including phenoxy) is 1. The van der Waals surface area contributed by atoms with Crippen LogP contribution >= 0.6 is 11.8 Å². The number of nitrogens with zero attached hydrogens (tertiary/aromatic N) is 2. The van der Waals surface area contributed by atoms with E-state index in [9.17, 15) is 4.79 Å². The van der Waals surface area contributed by atoms with Crippen molar-refractivity contribution in [1.82, 2.24) is 4.90 Å². The van der Waals surface area contributed by atoms with Gasteiger partial charge in [-0.25, -0.2) is 4.99 Å². The molecule has 1 aliphatic rings. The number of amides is 1. The summed E-state index contributed by atoms with van der Waals surface area (Å²) < 4.78 is 5.36. The molecule has 1 saturated heterocycles. The first kappa shape index (κ1) is 17.3. The Hall–Kier alpha value is -2.53. The third-order valence-electron chi connectivity index (χ3n) is 4.07. The standard InChI is InChI=1S/C20H20N2O2S/c1-13-7-5-6-8-16(13)21-20-22(3)19(23)18(25-20)12-15-10-9-14(2)17(11-15)24-4/h5-12H,1-4H3/b18-12+,21-20?. The van der Waals surface area contributed by atoms with Crippen molar-refractivity contribution >= 4 is 34.6 Å². The van der Waals surface area contributed by atoms with Gasteiger partial charge in [-0.1, -0.05) is 30.3 Å². The highest BCUT2D eigenvalue weighted by Gasteiger charge is 2.30. The number of rotatable bonds is 3. The lowest BCUT2D eigenvalue weighted by Gasteiger charge is -2.08. The molecular formula is C20H20N2O2S. The topological polar surface area (TPSA) is 41.9 Å². The minimum Gasteiger partial charge on any atom is -0.496 e. The molecule has 0 radical (unpaired) electrons. The summed E-state index contributed by atoms with van der Waals surface area (Å²) >= 11 is 1.39. The Kier molecular flexibility index (Phi) is 4.95. The molecule has 0 atom stereocenters. The fourth-order valence-electron chi connectivity index (χ4n) is 2.52. The summed E-state index contributed by atoms with van der Waals surface area (Å²) in [5.41, 5.74) is 3.96. The molecule has 1 amide bonds. The third-order valence-corrected chi connectivity index (χ3v) is 5.13. The van der Waals surface area contributed by atoms with E-state index in [4.69, 9.17) is 4.74 Å². The van der Waals surface area contributed by atoms with Crippen molar-refractivity contribution in [2.45, 2.75) is 13.8 Å². The van der Waals surface area contributed by atoms with Gasteiger partial charge >= 0.3 is 0 Å². The molecule has 0 aliphatic carbocycles. The van der Waals surface area contributed by atoms with Crippen LogP contribution in [0.5, 0.6) is 5.75 Å². The van der Waals surface area contributed by atoms with E-state index in [0.29, 0.717) is 10.1 Å². The second kappa shape index (κ2) is 7.15. The van der Waals surface area contributed by atoms with Crippen LogP contribution in [0.15, 0.2) is 52.4 Å². The number of likely N-dealkylation sites (N-methyl/N-ethyl adjacent to an activating group) is 1. The molecule has 1 aliphatic heterocycles. The van der Waals surface area contributed by atoms with E-state index in [1.165, 1.54) is 11.8 Å². The maximum absolute atomic E-state index is 12.5. The zero-order valence-corrected chi connectivity index (χ0v) is 15.6. The predicted molar refractivity (Wildman–Crippen MR) is 104 cm³/mol. The van der Waals surface area contributed by atoms with Crippen molar-refractivity contribution < 1.29 is 9.53 Å². The van der Waals surface area contributed by atoms with Crippen LogP contribution in [-0.2, 0) is 4.79 Å². The van der Waals surface area contributed by atoms with E-state index in [2.05, 4.69) is 4.99 Å². The Labute approximate surface area is 152 Å². The van der Waals surface area contributed by atoms with Gasteiger partial charge in [0, 0.05) is 7.05 Å². The molecule has 1 heterocycles. The molecule has 0 saturated carbocycles. The summed E-state index contributed by atoms with van der Waals surface area (Å²) in [6.45, 7) is 4.00. The molecule has 5 heteroatoms. The molecule has 1 fully saturated rings. The number of aryl methyl sites for hydroxylation is 2. The van der Waals surface area contributed by atoms with Gasteiger partial charge in [0.15, 0.2) is 5.17 Å². The predicted octanol–water partition coefficient (Wildman–Crippen LogP) is 4.55. The van der Waals surface area contributed by atoms with Crippen molar-refractivity contribution in [1.29, 1.82) is 0 Å². The summed E-state index contributed by atoms with van der Waals surface area (Å²) in [6, 6.07) is 13.8. The van der Waals surface area contributed by atoms with Gasteiger partial charge in [-0.05, 0) is 60.5 Å². The van der Waals surface area contributed by atoms with Gasteiger partial charge in [-0.3, -0.25) is 9.69 Å². The third kappa shape index (κ3) is 3.61. The van der Waals surface area contributed by atoms with Gasteiger partial charge in [-0.2, -0.15) is 0 Å². The monoisotopic (exact) mass is 352 g/mol. The fourth-order valence-corrected chi connectivity index (χ4v) is 3.50. The highest BCUT2D eigenvalue weighted by atomic mass is 32.2. The highest BCUT2D eigenvalue weighted by molar-refractivity contribution is 8.18. The summed E-state index contributed by atoms with van der Waals surface area (Å²) in [4.78, 5) is 19.4. The van der Waals surface area contributed by atoms with Crippen LogP contribution in [0.4, 0.5) is 5.69 Å². The first-order chi connectivity index (χ1) is 12.0. The molecule has 2 aromatic rings. The largest absolute Gasteiger partial charge is 0.496 e. The maximum atomic E-state index is 12.5. The van der Waals surface area contributed by atoms with Crippen LogP contribution in [0.2, 0.25) is 0 Å². The maximum Gasteiger partial charge on any atom is 0.266 e. The van der Waals surface area contributed by atoms with E-state index in [-0.39, 0.29) is 5.91 Å². The number of benzene rings is 2. The van der Waals surface area contributed by atoms with Crippen LogP contribution in [0.25, 0.3) is 6.08 Å². The van der Waals surface area contributed by atoms with Gasteiger partial charge in [0.2, 0.25) is 0 Å². The molecule has 0 N–H and O–H groups in total. The zero-order valence-electron chi connectivity index (χ0n) is 14.7. The van der Waals surface area contributed by atoms with E-state index in [0.717, 1.165) is 28.1 Å².